The Hall–Kier alpha value is -2.80. The van der Waals surface area contributed by atoms with Gasteiger partial charge in [0.1, 0.15) is 5.82 Å². The van der Waals surface area contributed by atoms with Crippen LogP contribution in [0.4, 0.5) is 4.39 Å². The zero-order valence-electron chi connectivity index (χ0n) is 16.6. The first kappa shape index (κ1) is 19.2. The lowest BCUT2D eigenvalue weighted by Crippen LogP contribution is -2.30. The summed E-state index contributed by atoms with van der Waals surface area (Å²) in [7, 11) is 0. The highest BCUT2D eigenvalue weighted by Gasteiger charge is 2.36. The first-order chi connectivity index (χ1) is 14.6. The number of nitrogens with zero attached hydrogens (tertiary/aromatic N) is 3. The predicted octanol–water partition coefficient (Wildman–Crippen LogP) is 4.67. The number of halogens is 1. The number of carbonyl (C=O) groups is 1. The van der Waals surface area contributed by atoms with Crippen LogP contribution in [0, 0.1) is 22.4 Å². The van der Waals surface area contributed by atoms with Crippen LogP contribution in [-0.4, -0.2) is 38.7 Å². The van der Waals surface area contributed by atoms with Gasteiger partial charge in [0.2, 0.25) is 5.91 Å². The fraction of sp³-hybridized carbons (Fsp3) is 0.348. The number of rotatable bonds is 5. The second kappa shape index (κ2) is 7.80. The average molecular weight is 423 g/mol. The van der Waals surface area contributed by atoms with Crippen molar-refractivity contribution in [2.24, 2.45) is 11.8 Å². The van der Waals surface area contributed by atoms with Crippen molar-refractivity contribution in [1.29, 1.82) is 0 Å². The molecule has 1 unspecified atom stereocenters. The molecule has 0 radical (unpaired) electrons. The molecule has 2 fully saturated rings. The minimum atomic E-state index is -0.241. The number of nitrogens with one attached hydrogen (secondary N) is 1. The number of hydrogen-bond acceptors (Lipinski definition) is 3. The van der Waals surface area contributed by atoms with E-state index in [2.05, 4.69) is 10.2 Å². The quantitative estimate of drug-likeness (QED) is 0.608. The van der Waals surface area contributed by atoms with Gasteiger partial charge in [-0.2, -0.15) is 5.10 Å². The second-order valence-corrected chi connectivity index (χ2v) is 8.65. The zero-order chi connectivity index (χ0) is 20.7. The van der Waals surface area contributed by atoms with Crippen molar-refractivity contribution < 1.29 is 9.18 Å². The summed E-state index contributed by atoms with van der Waals surface area (Å²) in [6.45, 7) is 2.39. The van der Waals surface area contributed by atoms with Crippen molar-refractivity contribution in [1.82, 2.24) is 19.7 Å². The van der Waals surface area contributed by atoms with E-state index in [0.717, 1.165) is 61.4 Å². The van der Waals surface area contributed by atoms with E-state index in [1.54, 1.807) is 12.1 Å². The van der Waals surface area contributed by atoms with E-state index in [4.69, 9.17) is 12.2 Å². The van der Waals surface area contributed by atoms with Crippen LogP contribution in [0.3, 0.4) is 0 Å². The number of benzene rings is 2. The van der Waals surface area contributed by atoms with Gasteiger partial charge in [-0.1, -0.05) is 36.4 Å². The first-order valence-corrected chi connectivity index (χ1v) is 10.8. The highest BCUT2D eigenvalue weighted by Crippen LogP contribution is 2.33. The summed E-state index contributed by atoms with van der Waals surface area (Å²) in [6.07, 6.45) is 3.09. The summed E-state index contributed by atoms with van der Waals surface area (Å²) in [6, 6.07) is 14.5. The Kier molecular flexibility index (Phi) is 4.98. The van der Waals surface area contributed by atoms with Crippen molar-refractivity contribution in [3.63, 3.8) is 0 Å². The highest BCUT2D eigenvalue weighted by molar-refractivity contribution is 7.71. The van der Waals surface area contributed by atoms with Crippen LogP contribution in [0.2, 0.25) is 0 Å². The molecule has 1 N–H and O–H groups in total. The zero-order valence-corrected chi connectivity index (χ0v) is 17.4. The van der Waals surface area contributed by atoms with E-state index in [-0.39, 0.29) is 11.7 Å². The van der Waals surface area contributed by atoms with Crippen molar-refractivity contribution in [3.05, 3.63) is 59.1 Å². The topological polar surface area (TPSA) is 53.9 Å². The molecular weight excluding hydrogens is 399 g/mol. The van der Waals surface area contributed by atoms with Crippen molar-refractivity contribution >= 4 is 18.1 Å². The van der Waals surface area contributed by atoms with Crippen molar-refractivity contribution in [2.75, 3.05) is 13.1 Å². The predicted molar refractivity (Wildman–Crippen MR) is 116 cm³/mol. The fourth-order valence-corrected chi connectivity index (χ4v) is 4.40. The molecule has 7 heteroatoms. The number of aromatic amines is 1. The molecule has 0 spiro atoms. The highest BCUT2D eigenvalue weighted by atomic mass is 32.1. The van der Waals surface area contributed by atoms with Crippen LogP contribution in [0.15, 0.2) is 48.5 Å². The first-order valence-electron chi connectivity index (χ1n) is 10.4. The summed E-state index contributed by atoms with van der Waals surface area (Å²) in [5, 5.41) is 7.37. The third kappa shape index (κ3) is 3.81. The van der Waals surface area contributed by atoms with Gasteiger partial charge in [-0.05, 0) is 60.7 Å². The van der Waals surface area contributed by atoms with Gasteiger partial charge in [-0.25, -0.2) is 4.39 Å². The molecule has 1 atom stereocenters. The molecule has 0 bridgehead atoms. The van der Waals surface area contributed by atoms with Gasteiger partial charge >= 0.3 is 0 Å². The largest absolute Gasteiger partial charge is 0.342 e. The number of carbonyl (C=O) groups excluding carboxylic acids is 1. The van der Waals surface area contributed by atoms with Gasteiger partial charge in [-0.15, -0.1) is 0 Å². The molecule has 2 aromatic carbocycles. The minimum Gasteiger partial charge on any atom is -0.342 e. The van der Waals surface area contributed by atoms with Crippen LogP contribution in [0.5, 0.6) is 0 Å². The summed E-state index contributed by atoms with van der Waals surface area (Å²) >= 11 is 5.48. The van der Waals surface area contributed by atoms with E-state index in [1.807, 2.05) is 33.7 Å². The van der Waals surface area contributed by atoms with Gasteiger partial charge in [-0.3, -0.25) is 14.5 Å². The van der Waals surface area contributed by atoms with E-state index in [0.29, 0.717) is 16.6 Å². The van der Waals surface area contributed by atoms with Gasteiger partial charge in [0.25, 0.3) is 0 Å². The Morgan fingerprint density at radius 1 is 1.03 bits per heavy atom. The van der Waals surface area contributed by atoms with Crippen LogP contribution < -0.4 is 0 Å². The monoisotopic (exact) mass is 422 g/mol. The Morgan fingerprint density at radius 2 is 1.67 bits per heavy atom. The summed E-state index contributed by atoms with van der Waals surface area (Å²) < 4.78 is 15.8. The van der Waals surface area contributed by atoms with Gasteiger partial charge in [0, 0.05) is 31.1 Å². The maximum absolute atomic E-state index is 13.2. The molecule has 1 aliphatic heterocycles. The van der Waals surface area contributed by atoms with Crippen molar-refractivity contribution in [3.8, 4) is 22.5 Å². The fourth-order valence-electron chi connectivity index (χ4n) is 4.19. The second-order valence-electron chi connectivity index (χ2n) is 8.26. The van der Waals surface area contributed by atoms with Crippen LogP contribution in [-0.2, 0) is 11.3 Å². The molecule has 30 heavy (non-hydrogen) atoms. The standard InChI is InChI=1S/C23H23FN4OS/c24-20-9-7-17(8-10-20)16-1-3-18(4-2-16)21-25-26-23(30)28(21)14-15-11-12-27(13-15)22(29)19-5-6-19/h1-4,7-10,15,19H,5-6,11-14H2,(H,26,30). The maximum Gasteiger partial charge on any atom is 0.225 e. The number of H-pyrrole nitrogens is 1. The molecule has 5 rings (SSSR count). The Balaban J connectivity index is 1.33. The molecule has 154 valence electrons. The lowest BCUT2D eigenvalue weighted by Gasteiger charge is -2.17. The Bertz CT molecular complexity index is 1120. The van der Waals surface area contributed by atoms with Crippen molar-refractivity contribution in [2.45, 2.75) is 25.8 Å². The lowest BCUT2D eigenvalue weighted by molar-refractivity contribution is -0.131. The molecule has 3 aromatic rings. The smallest absolute Gasteiger partial charge is 0.225 e. The molecule has 1 saturated carbocycles. The van der Waals surface area contributed by atoms with Gasteiger partial charge < -0.3 is 4.90 Å². The summed E-state index contributed by atoms with van der Waals surface area (Å²) in [4.78, 5) is 14.4. The maximum atomic E-state index is 13.2. The normalized spacial score (nSPS) is 18.7. The minimum absolute atomic E-state index is 0.241. The number of aromatic nitrogens is 3. The number of hydrogen-bond donors (Lipinski definition) is 1. The van der Waals surface area contributed by atoms with E-state index in [9.17, 15) is 9.18 Å². The SMILES string of the molecule is O=C(C1CC1)N1CCC(Cn2c(-c3ccc(-c4ccc(F)cc4)cc3)n[nH]c2=S)C1. The third-order valence-corrected chi connectivity index (χ3v) is 6.36. The third-order valence-electron chi connectivity index (χ3n) is 6.04. The molecule has 1 amide bonds. The average Bonchev–Trinajstić information content (AvgIpc) is 3.41. The van der Waals surface area contributed by atoms with Gasteiger partial charge in [0.15, 0.2) is 10.6 Å². The summed E-state index contributed by atoms with van der Waals surface area (Å²) in [5.74, 6) is 1.54. The van der Waals surface area contributed by atoms with Crippen LogP contribution in [0.25, 0.3) is 22.5 Å². The van der Waals surface area contributed by atoms with E-state index >= 15 is 0 Å². The van der Waals surface area contributed by atoms with Crippen LogP contribution in [0.1, 0.15) is 19.3 Å². The summed E-state index contributed by atoms with van der Waals surface area (Å²) in [5.41, 5.74) is 2.95. The van der Waals surface area contributed by atoms with Crippen LogP contribution >= 0.6 is 12.2 Å². The Labute approximate surface area is 179 Å². The Morgan fingerprint density at radius 3 is 2.33 bits per heavy atom. The molecule has 1 aromatic heterocycles. The van der Waals surface area contributed by atoms with Gasteiger partial charge in [0.05, 0.1) is 0 Å². The molecule has 5 nitrogen and oxygen atoms in total. The van der Waals surface area contributed by atoms with E-state index in [1.165, 1.54) is 12.1 Å². The van der Waals surface area contributed by atoms with E-state index < -0.39 is 0 Å². The molecule has 1 saturated heterocycles. The molecule has 1 aliphatic carbocycles. The molecule has 2 aliphatic rings. The lowest BCUT2D eigenvalue weighted by atomic mass is 10.0. The number of amides is 1. The molecular formula is C23H23FN4OS. The number of likely N-dealkylation sites (tertiary alicyclic amines) is 1. The molecule has 2 heterocycles.